The molecule has 0 unspecified atom stereocenters. The Kier molecular flexibility index (Phi) is 4.51. The van der Waals surface area contributed by atoms with E-state index in [0.29, 0.717) is 5.69 Å². The van der Waals surface area contributed by atoms with Crippen LogP contribution in [0.4, 0.5) is 0 Å². The Hall–Kier alpha value is -2.59. The minimum atomic E-state index is 0.105. The van der Waals surface area contributed by atoms with E-state index in [1.54, 1.807) is 0 Å². The van der Waals surface area contributed by atoms with Crippen LogP contribution in [0.3, 0.4) is 0 Å². The van der Waals surface area contributed by atoms with Crippen molar-refractivity contribution in [3.63, 3.8) is 0 Å². The summed E-state index contributed by atoms with van der Waals surface area (Å²) in [5.74, 6) is 0.105. The molecule has 0 aliphatic carbocycles. The standard InChI is InChI=1S/C22H25N3O/c1-16-3-6-18(7-4-16)15-24-9-11-25(12-10-24)22(26)21-14-19-13-17(2)5-8-20(19)23-21/h3-8,13-14,23H,9-12,15H2,1-2H3. The molecule has 1 aromatic heterocycles. The third kappa shape index (κ3) is 3.51. The van der Waals surface area contributed by atoms with Gasteiger partial charge in [-0.25, -0.2) is 0 Å². The van der Waals surface area contributed by atoms with Crippen LogP contribution in [-0.2, 0) is 6.54 Å². The maximum atomic E-state index is 12.8. The molecule has 1 amide bonds. The summed E-state index contributed by atoms with van der Waals surface area (Å²) in [4.78, 5) is 20.5. The number of carbonyl (C=O) groups excluding carboxylic acids is 1. The molecule has 1 aliphatic rings. The molecule has 1 saturated heterocycles. The van der Waals surface area contributed by atoms with Gasteiger partial charge < -0.3 is 9.88 Å². The number of nitrogens with zero attached hydrogens (tertiary/aromatic N) is 2. The molecule has 0 bridgehead atoms. The predicted molar refractivity (Wildman–Crippen MR) is 105 cm³/mol. The van der Waals surface area contributed by atoms with Crippen molar-refractivity contribution in [2.24, 2.45) is 0 Å². The van der Waals surface area contributed by atoms with Gasteiger partial charge in [-0.2, -0.15) is 0 Å². The zero-order valence-corrected chi connectivity index (χ0v) is 15.5. The highest BCUT2D eigenvalue weighted by Crippen LogP contribution is 2.19. The van der Waals surface area contributed by atoms with E-state index < -0.39 is 0 Å². The summed E-state index contributed by atoms with van der Waals surface area (Å²) in [6.07, 6.45) is 0. The summed E-state index contributed by atoms with van der Waals surface area (Å²) in [6, 6.07) is 16.9. The summed E-state index contributed by atoms with van der Waals surface area (Å²) in [5.41, 5.74) is 5.55. The van der Waals surface area contributed by atoms with E-state index in [9.17, 15) is 4.79 Å². The number of aryl methyl sites for hydroxylation is 2. The monoisotopic (exact) mass is 347 g/mol. The van der Waals surface area contributed by atoms with Crippen LogP contribution in [0.1, 0.15) is 27.2 Å². The van der Waals surface area contributed by atoms with Gasteiger partial charge in [-0.1, -0.05) is 41.5 Å². The Balaban J connectivity index is 1.38. The van der Waals surface area contributed by atoms with Gasteiger partial charge in [0.2, 0.25) is 0 Å². The smallest absolute Gasteiger partial charge is 0.270 e. The summed E-state index contributed by atoms with van der Waals surface area (Å²) in [6.45, 7) is 8.52. The molecule has 0 radical (unpaired) electrons. The van der Waals surface area contributed by atoms with E-state index in [1.165, 1.54) is 16.7 Å². The van der Waals surface area contributed by atoms with Crippen molar-refractivity contribution in [2.45, 2.75) is 20.4 Å². The van der Waals surface area contributed by atoms with E-state index in [1.807, 2.05) is 17.0 Å². The van der Waals surface area contributed by atoms with E-state index in [2.05, 4.69) is 60.1 Å². The molecule has 1 N–H and O–H groups in total. The summed E-state index contributed by atoms with van der Waals surface area (Å²) >= 11 is 0. The molecule has 4 rings (SSSR count). The zero-order valence-electron chi connectivity index (χ0n) is 15.5. The zero-order chi connectivity index (χ0) is 18.1. The molecule has 3 aromatic rings. The van der Waals surface area contributed by atoms with Gasteiger partial charge in [0.25, 0.3) is 5.91 Å². The molecule has 1 fully saturated rings. The quantitative estimate of drug-likeness (QED) is 0.784. The second-order valence-electron chi connectivity index (χ2n) is 7.33. The Morgan fingerprint density at radius 3 is 2.35 bits per heavy atom. The average Bonchev–Trinajstić information content (AvgIpc) is 3.07. The topological polar surface area (TPSA) is 39.3 Å². The summed E-state index contributed by atoms with van der Waals surface area (Å²) in [5, 5.41) is 1.10. The Labute approximate surface area is 154 Å². The lowest BCUT2D eigenvalue weighted by Crippen LogP contribution is -2.48. The van der Waals surface area contributed by atoms with Crippen LogP contribution < -0.4 is 0 Å². The Bertz CT molecular complexity index is 918. The predicted octanol–water partition coefficient (Wildman–Crippen LogP) is 3.74. The highest BCUT2D eigenvalue weighted by molar-refractivity contribution is 5.98. The second-order valence-corrected chi connectivity index (χ2v) is 7.33. The van der Waals surface area contributed by atoms with Crippen molar-refractivity contribution in [1.82, 2.24) is 14.8 Å². The van der Waals surface area contributed by atoms with Crippen LogP contribution in [0.2, 0.25) is 0 Å². The highest BCUT2D eigenvalue weighted by Gasteiger charge is 2.23. The number of aromatic nitrogens is 1. The Morgan fingerprint density at radius 2 is 1.62 bits per heavy atom. The lowest BCUT2D eigenvalue weighted by atomic mass is 10.1. The third-order valence-corrected chi connectivity index (χ3v) is 5.19. The first kappa shape index (κ1) is 16.9. The largest absolute Gasteiger partial charge is 0.351 e. The van der Waals surface area contributed by atoms with Gasteiger partial charge in [0.1, 0.15) is 5.69 Å². The van der Waals surface area contributed by atoms with Crippen molar-refractivity contribution in [2.75, 3.05) is 26.2 Å². The maximum Gasteiger partial charge on any atom is 0.270 e. The van der Waals surface area contributed by atoms with Gasteiger partial charge in [0.15, 0.2) is 0 Å². The number of rotatable bonds is 3. The van der Waals surface area contributed by atoms with Crippen LogP contribution in [0.5, 0.6) is 0 Å². The molecule has 134 valence electrons. The minimum absolute atomic E-state index is 0.105. The van der Waals surface area contributed by atoms with E-state index in [0.717, 1.165) is 43.6 Å². The molecule has 4 heteroatoms. The lowest BCUT2D eigenvalue weighted by Gasteiger charge is -2.34. The van der Waals surface area contributed by atoms with Crippen molar-refractivity contribution in [1.29, 1.82) is 0 Å². The van der Waals surface area contributed by atoms with Crippen LogP contribution in [-0.4, -0.2) is 46.9 Å². The number of hydrogen-bond donors (Lipinski definition) is 1. The molecule has 0 saturated carbocycles. The average molecular weight is 347 g/mol. The van der Waals surface area contributed by atoms with Gasteiger partial charge in [-0.05, 0) is 37.6 Å². The number of hydrogen-bond acceptors (Lipinski definition) is 2. The molecule has 4 nitrogen and oxygen atoms in total. The fraction of sp³-hybridized carbons (Fsp3) is 0.318. The number of amides is 1. The SMILES string of the molecule is Cc1ccc(CN2CCN(C(=O)c3cc4cc(C)ccc4[nH]3)CC2)cc1. The van der Waals surface area contributed by atoms with Crippen molar-refractivity contribution >= 4 is 16.8 Å². The molecular weight excluding hydrogens is 322 g/mol. The molecule has 0 atom stereocenters. The van der Waals surface area contributed by atoms with Crippen LogP contribution in [0, 0.1) is 13.8 Å². The van der Waals surface area contributed by atoms with Crippen LogP contribution in [0.15, 0.2) is 48.5 Å². The van der Waals surface area contributed by atoms with Gasteiger partial charge >= 0.3 is 0 Å². The second kappa shape index (κ2) is 6.96. The minimum Gasteiger partial charge on any atom is -0.351 e. The van der Waals surface area contributed by atoms with Crippen molar-refractivity contribution in [3.8, 4) is 0 Å². The number of aromatic amines is 1. The first-order valence-electron chi connectivity index (χ1n) is 9.25. The Morgan fingerprint density at radius 1 is 0.923 bits per heavy atom. The lowest BCUT2D eigenvalue weighted by molar-refractivity contribution is 0.0623. The highest BCUT2D eigenvalue weighted by atomic mass is 16.2. The van der Waals surface area contributed by atoms with Gasteiger partial charge in [0, 0.05) is 43.6 Å². The summed E-state index contributed by atoms with van der Waals surface area (Å²) < 4.78 is 0. The van der Waals surface area contributed by atoms with Crippen molar-refractivity contribution < 1.29 is 4.79 Å². The first-order chi connectivity index (χ1) is 12.6. The third-order valence-electron chi connectivity index (χ3n) is 5.19. The molecule has 1 aliphatic heterocycles. The molecule has 0 spiro atoms. The normalized spacial score (nSPS) is 15.5. The first-order valence-corrected chi connectivity index (χ1v) is 9.25. The summed E-state index contributed by atoms with van der Waals surface area (Å²) in [7, 11) is 0. The number of fused-ring (bicyclic) bond motifs is 1. The van der Waals surface area contributed by atoms with E-state index in [4.69, 9.17) is 0 Å². The molecule has 2 heterocycles. The number of piperazine rings is 1. The molecular formula is C22H25N3O. The van der Waals surface area contributed by atoms with Gasteiger partial charge in [-0.3, -0.25) is 9.69 Å². The number of H-pyrrole nitrogens is 1. The van der Waals surface area contributed by atoms with Crippen LogP contribution in [0.25, 0.3) is 10.9 Å². The fourth-order valence-corrected chi connectivity index (χ4v) is 3.60. The van der Waals surface area contributed by atoms with Gasteiger partial charge in [0.05, 0.1) is 0 Å². The maximum absolute atomic E-state index is 12.8. The van der Waals surface area contributed by atoms with Gasteiger partial charge in [-0.15, -0.1) is 0 Å². The number of nitrogens with one attached hydrogen (secondary N) is 1. The molecule has 2 aromatic carbocycles. The fourth-order valence-electron chi connectivity index (χ4n) is 3.60. The number of carbonyl (C=O) groups is 1. The van der Waals surface area contributed by atoms with E-state index in [-0.39, 0.29) is 5.91 Å². The van der Waals surface area contributed by atoms with Crippen molar-refractivity contribution in [3.05, 3.63) is 70.9 Å². The molecule has 26 heavy (non-hydrogen) atoms. The number of benzene rings is 2. The van der Waals surface area contributed by atoms with E-state index >= 15 is 0 Å². The van der Waals surface area contributed by atoms with Crippen LogP contribution >= 0.6 is 0 Å².